The van der Waals surface area contributed by atoms with E-state index < -0.39 is 0 Å². The van der Waals surface area contributed by atoms with E-state index in [-0.39, 0.29) is 11.8 Å². The lowest BCUT2D eigenvalue weighted by atomic mass is 10.1. The van der Waals surface area contributed by atoms with Crippen LogP contribution in [0.2, 0.25) is 0 Å². The Balaban J connectivity index is 2.68. The summed E-state index contributed by atoms with van der Waals surface area (Å²) in [6.45, 7) is 0. The van der Waals surface area contributed by atoms with Crippen LogP contribution in [0.25, 0.3) is 0 Å². The molecule has 12 heavy (non-hydrogen) atoms. The van der Waals surface area contributed by atoms with Crippen LogP contribution in [-0.2, 0) is 0 Å². The van der Waals surface area contributed by atoms with E-state index in [4.69, 9.17) is 0 Å². The first-order chi connectivity index (χ1) is 5.68. The fourth-order valence-corrected chi connectivity index (χ4v) is 1.36. The van der Waals surface area contributed by atoms with E-state index in [0.29, 0.717) is 16.0 Å². The minimum atomic E-state index is -0.342. The van der Waals surface area contributed by atoms with Crippen molar-refractivity contribution in [3.05, 3.63) is 29.3 Å². The van der Waals surface area contributed by atoms with Crippen LogP contribution in [0.1, 0.15) is 20.7 Å². The molecule has 0 fully saturated rings. The van der Waals surface area contributed by atoms with E-state index in [1.165, 1.54) is 0 Å². The van der Waals surface area contributed by atoms with Gasteiger partial charge in [-0.05, 0) is 18.2 Å². The smallest absolute Gasteiger partial charge is 0.258 e. The molecule has 0 saturated carbocycles. The highest BCUT2D eigenvalue weighted by Crippen LogP contribution is 2.18. The highest BCUT2D eigenvalue weighted by Gasteiger charge is 2.25. The van der Waals surface area contributed by atoms with E-state index in [1.54, 1.807) is 18.2 Å². The van der Waals surface area contributed by atoms with Crippen molar-refractivity contribution in [2.75, 3.05) is 0 Å². The van der Waals surface area contributed by atoms with E-state index in [9.17, 15) is 9.59 Å². The molecule has 1 N–H and O–H groups in total. The zero-order valence-corrected chi connectivity index (χ0v) is 6.89. The fourth-order valence-electron chi connectivity index (χ4n) is 1.16. The predicted octanol–water partition coefficient (Wildman–Crippen LogP) is 0.859. The molecule has 1 aromatic carbocycles. The summed E-state index contributed by atoms with van der Waals surface area (Å²) in [5.74, 6) is -0.672. The first kappa shape index (κ1) is 7.36. The number of hydrogen-bond donors (Lipinski definition) is 2. The highest BCUT2D eigenvalue weighted by molar-refractivity contribution is 7.80. The number of carbonyl (C=O) groups is 2. The Bertz CT molecular complexity index is 387. The molecule has 0 unspecified atom stereocenters. The predicted molar refractivity (Wildman–Crippen MR) is 45.5 cm³/mol. The molecule has 1 heterocycles. The number of benzene rings is 1. The molecule has 4 heteroatoms. The van der Waals surface area contributed by atoms with Crippen LogP contribution in [0.3, 0.4) is 0 Å². The lowest BCUT2D eigenvalue weighted by Gasteiger charge is -1.93. The zero-order chi connectivity index (χ0) is 8.72. The first-order valence-corrected chi connectivity index (χ1v) is 3.82. The maximum atomic E-state index is 11.1. The van der Waals surface area contributed by atoms with Crippen molar-refractivity contribution in [2.24, 2.45) is 0 Å². The van der Waals surface area contributed by atoms with Gasteiger partial charge in [-0.2, -0.15) is 0 Å². The zero-order valence-electron chi connectivity index (χ0n) is 6.00. The average molecular weight is 179 g/mol. The number of nitrogens with one attached hydrogen (secondary N) is 1. The quantitative estimate of drug-likeness (QED) is 0.458. The van der Waals surface area contributed by atoms with Gasteiger partial charge < -0.3 is 0 Å². The Kier molecular flexibility index (Phi) is 1.44. The van der Waals surface area contributed by atoms with Gasteiger partial charge in [0.15, 0.2) is 0 Å². The van der Waals surface area contributed by atoms with Gasteiger partial charge in [0.25, 0.3) is 11.8 Å². The Morgan fingerprint density at radius 2 is 1.75 bits per heavy atom. The monoisotopic (exact) mass is 179 g/mol. The lowest BCUT2D eigenvalue weighted by molar-refractivity contribution is 0.0879. The summed E-state index contributed by atoms with van der Waals surface area (Å²) >= 11 is 4.06. The number of rotatable bonds is 0. The third-order valence-electron chi connectivity index (χ3n) is 1.72. The van der Waals surface area contributed by atoms with Crippen LogP contribution in [-0.4, -0.2) is 11.8 Å². The van der Waals surface area contributed by atoms with Gasteiger partial charge in [0.1, 0.15) is 0 Å². The van der Waals surface area contributed by atoms with Crippen molar-refractivity contribution < 1.29 is 9.59 Å². The Hall–Kier alpha value is -1.29. The van der Waals surface area contributed by atoms with E-state index >= 15 is 0 Å². The van der Waals surface area contributed by atoms with Gasteiger partial charge in [-0.15, -0.1) is 12.6 Å². The summed E-state index contributed by atoms with van der Waals surface area (Å²) in [7, 11) is 0. The topological polar surface area (TPSA) is 46.2 Å². The van der Waals surface area contributed by atoms with Crippen molar-refractivity contribution in [3.63, 3.8) is 0 Å². The molecule has 0 saturated heterocycles. The molecule has 0 radical (unpaired) electrons. The minimum Gasteiger partial charge on any atom is -0.288 e. The molecule has 2 amide bonds. The molecule has 3 nitrogen and oxygen atoms in total. The third-order valence-corrected chi connectivity index (χ3v) is 2.00. The van der Waals surface area contributed by atoms with Gasteiger partial charge in [-0.1, -0.05) is 0 Å². The largest absolute Gasteiger partial charge is 0.288 e. The van der Waals surface area contributed by atoms with Crippen molar-refractivity contribution >= 4 is 24.4 Å². The number of hydrogen-bond acceptors (Lipinski definition) is 3. The number of thiol groups is 1. The number of amides is 2. The van der Waals surface area contributed by atoms with Crippen LogP contribution in [0.5, 0.6) is 0 Å². The van der Waals surface area contributed by atoms with Crippen molar-refractivity contribution in [1.29, 1.82) is 0 Å². The molecular weight excluding hydrogens is 174 g/mol. The van der Waals surface area contributed by atoms with Gasteiger partial charge in [0, 0.05) is 4.90 Å². The second-order valence-electron chi connectivity index (χ2n) is 2.51. The average Bonchev–Trinajstić information content (AvgIpc) is 2.28. The fraction of sp³-hybridized carbons (Fsp3) is 0. The summed E-state index contributed by atoms with van der Waals surface area (Å²) < 4.78 is 0. The molecule has 1 aromatic rings. The van der Waals surface area contributed by atoms with Crippen LogP contribution in [0, 0.1) is 0 Å². The Labute approximate surface area is 74.2 Å². The van der Waals surface area contributed by atoms with E-state index in [1.807, 2.05) is 0 Å². The normalized spacial score (nSPS) is 14.4. The summed E-state index contributed by atoms with van der Waals surface area (Å²) in [5, 5.41) is 2.20. The molecule has 1 aliphatic rings. The van der Waals surface area contributed by atoms with Crippen LogP contribution >= 0.6 is 12.6 Å². The molecule has 2 rings (SSSR count). The van der Waals surface area contributed by atoms with E-state index in [2.05, 4.69) is 17.9 Å². The van der Waals surface area contributed by atoms with Gasteiger partial charge in [0.2, 0.25) is 0 Å². The molecule has 60 valence electrons. The Morgan fingerprint density at radius 1 is 1.08 bits per heavy atom. The standard InChI is InChI=1S/C8H5NO2S/c10-7-5-2-1-4(12)3-6(5)8(11)9-7/h1-3,12H,(H,9,10,11). The van der Waals surface area contributed by atoms with Crippen molar-refractivity contribution in [1.82, 2.24) is 5.32 Å². The van der Waals surface area contributed by atoms with Gasteiger partial charge in [0.05, 0.1) is 11.1 Å². The van der Waals surface area contributed by atoms with E-state index in [0.717, 1.165) is 0 Å². The number of carbonyl (C=O) groups excluding carboxylic acids is 2. The summed E-state index contributed by atoms with van der Waals surface area (Å²) in [6.07, 6.45) is 0. The van der Waals surface area contributed by atoms with Crippen LogP contribution < -0.4 is 5.32 Å². The summed E-state index contributed by atoms with van der Waals surface area (Å²) in [5.41, 5.74) is 0.838. The number of imide groups is 1. The maximum Gasteiger partial charge on any atom is 0.258 e. The van der Waals surface area contributed by atoms with Crippen LogP contribution in [0.15, 0.2) is 23.1 Å². The summed E-state index contributed by atoms with van der Waals surface area (Å²) in [6, 6.07) is 4.86. The second-order valence-corrected chi connectivity index (χ2v) is 3.03. The first-order valence-electron chi connectivity index (χ1n) is 3.37. The molecule has 0 atom stereocenters. The van der Waals surface area contributed by atoms with Crippen LogP contribution in [0.4, 0.5) is 0 Å². The number of fused-ring (bicyclic) bond motifs is 1. The van der Waals surface area contributed by atoms with Crippen molar-refractivity contribution in [3.8, 4) is 0 Å². The molecule has 0 aliphatic carbocycles. The minimum absolute atomic E-state index is 0.330. The maximum absolute atomic E-state index is 11.1. The van der Waals surface area contributed by atoms with Gasteiger partial charge in [-0.3, -0.25) is 14.9 Å². The second kappa shape index (κ2) is 2.35. The lowest BCUT2D eigenvalue weighted by Crippen LogP contribution is -2.19. The molecule has 1 aliphatic heterocycles. The molecule has 0 aromatic heterocycles. The SMILES string of the molecule is O=C1NC(=O)c2cc(S)ccc21. The molecular formula is C8H5NO2S. The van der Waals surface area contributed by atoms with Gasteiger partial charge in [-0.25, -0.2) is 0 Å². The van der Waals surface area contributed by atoms with Crippen molar-refractivity contribution in [2.45, 2.75) is 4.90 Å². The van der Waals surface area contributed by atoms with Gasteiger partial charge >= 0.3 is 0 Å². The highest BCUT2D eigenvalue weighted by atomic mass is 32.1. The molecule has 0 spiro atoms. The third kappa shape index (κ3) is 0.921. The molecule has 0 bridgehead atoms. The Morgan fingerprint density at radius 3 is 2.50 bits per heavy atom. The summed E-state index contributed by atoms with van der Waals surface area (Å²) in [4.78, 5) is 22.8.